The molecule has 0 saturated heterocycles. The molecule has 4 aromatic rings. The van der Waals surface area contributed by atoms with Gasteiger partial charge < -0.3 is 4.90 Å². The third kappa shape index (κ3) is 4.31. The van der Waals surface area contributed by atoms with Gasteiger partial charge in [0.15, 0.2) is 0 Å². The van der Waals surface area contributed by atoms with Gasteiger partial charge in [-0.15, -0.1) is 0 Å². The van der Waals surface area contributed by atoms with Crippen LogP contribution < -0.4 is 4.90 Å². The van der Waals surface area contributed by atoms with Crippen molar-refractivity contribution in [2.45, 2.75) is 26.8 Å². The Bertz CT molecular complexity index is 1050. The maximum absolute atomic E-state index is 2.44. The van der Waals surface area contributed by atoms with Crippen molar-refractivity contribution in [1.82, 2.24) is 0 Å². The first-order valence-electron chi connectivity index (χ1n) is 10.7. The largest absolute Gasteiger partial charge is 0.338 e. The molecule has 1 atom stereocenters. The van der Waals surface area contributed by atoms with Gasteiger partial charge in [0.1, 0.15) is 0 Å². The summed E-state index contributed by atoms with van der Waals surface area (Å²) in [4.78, 5) is 2.44. The van der Waals surface area contributed by atoms with Gasteiger partial charge in [0.25, 0.3) is 0 Å². The molecule has 0 fully saturated rings. The molecule has 0 spiro atoms. The lowest BCUT2D eigenvalue weighted by molar-refractivity contribution is 0.518. The van der Waals surface area contributed by atoms with Crippen molar-refractivity contribution in [3.05, 3.63) is 109 Å². The normalized spacial score (nSPS) is 12.0. The molecule has 30 heavy (non-hydrogen) atoms. The third-order valence-electron chi connectivity index (χ3n) is 5.88. The molecule has 0 aliphatic heterocycles. The standard InChI is InChI=1S/C29H29N/c1-22(2)23(3)30(28-12-8-5-9-13-28)29-20-18-27(19-21-29)26-16-14-25(15-17-26)24-10-6-4-7-11-24/h4-23H,1-3H3. The predicted molar refractivity (Wildman–Crippen MR) is 130 cm³/mol. The molecule has 1 nitrogen and oxygen atoms in total. The van der Waals surface area contributed by atoms with E-state index in [1.54, 1.807) is 0 Å². The van der Waals surface area contributed by atoms with Crippen LogP contribution in [0.4, 0.5) is 11.4 Å². The van der Waals surface area contributed by atoms with Gasteiger partial charge in [-0.1, -0.05) is 98.8 Å². The molecule has 4 rings (SSSR count). The fraction of sp³-hybridized carbons (Fsp3) is 0.172. The highest BCUT2D eigenvalue weighted by Crippen LogP contribution is 2.32. The molecule has 0 radical (unpaired) electrons. The van der Waals surface area contributed by atoms with Crippen molar-refractivity contribution in [3.63, 3.8) is 0 Å². The van der Waals surface area contributed by atoms with Crippen LogP contribution in [-0.4, -0.2) is 6.04 Å². The van der Waals surface area contributed by atoms with E-state index < -0.39 is 0 Å². The number of nitrogens with zero attached hydrogens (tertiary/aromatic N) is 1. The first-order valence-corrected chi connectivity index (χ1v) is 10.7. The monoisotopic (exact) mass is 391 g/mol. The second kappa shape index (κ2) is 9.00. The van der Waals surface area contributed by atoms with Crippen LogP contribution in [0.15, 0.2) is 109 Å². The van der Waals surface area contributed by atoms with Gasteiger partial charge in [-0.05, 0) is 59.4 Å². The van der Waals surface area contributed by atoms with E-state index in [1.165, 1.54) is 33.6 Å². The third-order valence-corrected chi connectivity index (χ3v) is 5.88. The van der Waals surface area contributed by atoms with E-state index in [-0.39, 0.29) is 0 Å². The molecule has 0 heterocycles. The highest BCUT2D eigenvalue weighted by Gasteiger charge is 2.19. The number of hydrogen-bond donors (Lipinski definition) is 0. The van der Waals surface area contributed by atoms with Gasteiger partial charge in [-0.3, -0.25) is 0 Å². The Kier molecular flexibility index (Phi) is 5.99. The quantitative estimate of drug-likeness (QED) is 0.320. The number of benzene rings is 4. The SMILES string of the molecule is CC(C)C(C)N(c1ccccc1)c1ccc(-c2ccc(-c3ccccc3)cc2)cc1. The molecule has 1 unspecified atom stereocenters. The number of para-hydroxylation sites is 1. The van der Waals surface area contributed by atoms with E-state index in [2.05, 4.69) is 135 Å². The summed E-state index contributed by atoms with van der Waals surface area (Å²) in [6.07, 6.45) is 0. The Morgan fingerprint density at radius 3 is 1.27 bits per heavy atom. The lowest BCUT2D eigenvalue weighted by Gasteiger charge is -2.34. The minimum Gasteiger partial charge on any atom is -0.338 e. The molecule has 150 valence electrons. The van der Waals surface area contributed by atoms with Crippen molar-refractivity contribution in [2.24, 2.45) is 5.92 Å². The van der Waals surface area contributed by atoms with E-state index in [4.69, 9.17) is 0 Å². The summed E-state index contributed by atoms with van der Waals surface area (Å²) in [7, 11) is 0. The highest BCUT2D eigenvalue weighted by molar-refractivity contribution is 5.73. The summed E-state index contributed by atoms with van der Waals surface area (Å²) < 4.78 is 0. The zero-order valence-corrected chi connectivity index (χ0v) is 18.0. The average Bonchev–Trinajstić information content (AvgIpc) is 2.81. The molecular weight excluding hydrogens is 362 g/mol. The first-order chi connectivity index (χ1) is 14.6. The molecule has 4 aromatic carbocycles. The number of anilines is 2. The molecule has 0 aliphatic rings. The van der Waals surface area contributed by atoms with Crippen molar-refractivity contribution in [1.29, 1.82) is 0 Å². The summed E-state index contributed by atoms with van der Waals surface area (Å²) >= 11 is 0. The van der Waals surface area contributed by atoms with Crippen LogP contribution in [0.5, 0.6) is 0 Å². The number of hydrogen-bond acceptors (Lipinski definition) is 1. The van der Waals surface area contributed by atoms with Crippen LogP contribution in [0.25, 0.3) is 22.3 Å². The second-order valence-corrected chi connectivity index (χ2v) is 8.18. The first kappa shape index (κ1) is 20.0. The zero-order chi connectivity index (χ0) is 20.9. The van der Waals surface area contributed by atoms with Gasteiger partial charge in [-0.25, -0.2) is 0 Å². The van der Waals surface area contributed by atoms with Gasteiger partial charge in [0, 0.05) is 17.4 Å². The fourth-order valence-corrected chi connectivity index (χ4v) is 3.81. The van der Waals surface area contributed by atoms with Gasteiger partial charge in [-0.2, -0.15) is 0 Å². The Hall–Kier alpha value is -3.32. The second-order valence-electron chi connectivity index (χ2n) is 8.18. The maximum Gasteiger partial charge on any atom is 0.0413 e. The summed E-state index contributed by atoms with van der Waals surface area (Å²) in [5.74, 6) is 0.551. The molecule has 0 aromatic heterocycles. The molecule has 0 N–H and O–H groups in total. The Labute approximate surface area is 180 Å². The summed E-state index contributed by atoms with van der Waals surface area (Å²) in [5, 5.41) is 0. The van der Waals surface area contributed by atoms with Crippen molar-refractivity contribution >= 4 is 11.4 Å². The van der Waals surface area contributed by atoms with Gasteiger partial charge >= 0.3 is 0 Å². The smallest absolute Gasteiger partial charge is 0.0413 e. The zero-order valence-electron chi connectivity index (χ0n) is 18.0. The Balaban J connectivity index is 1.61. The van der Waals surface area contributed by atoms with Crippen molar-refractivity contribution in [3.8, 4) is 22.3 Å². The van der Waals surface area contributed by atoms with Crippen molar-refractivity contribution < 1.29 is 0 Å². The topological polar surface area (TPSA) is 3.24 Å². The summed E-state index contributed by atoms with van der Waals surface area (Å²) in [5.41, 5.74) is 7.44. The average molecular weight is 392 g/mol. The predicted octanol–water partition coefficient (Wildman–Crippen LogP) is 8.20. The number of rotatable bonds is 6. The van der Waals surface area contributed by atoms with Crippen LogP contribution in [0.3, 0.4) is 0 Å². The van der Waals surface area contributed by atoms with Crippen LogP contribution in [-0.2, 0) is 0 Å². The lowest BCUT2D eigenvalue weighted by Crippen LogP contribution is -2.32. The molecule has 0 amide bonds. The molecular formula is C29H29N. The maximum atomic E-state index is 2.44. The summed E-state index contributed by atoms with van der Waals surface area (Å²) in [6, 6.07) is 39.4. The Morgan fingerprint density at radius 1 is 0.433 bits per heavy atom. The van der Waals surface area contributed by atoms with Crippen LogP contribution in [0.1, 0.15) is 20.8 Å². The lowest BCUT2D eigenvalue weighted by atomic mass is 9.99. The minimum absolute atomic E-state index is 0.406. The fourth-order valence-electron chi connectivity index (χ4n) is 3.81. The van der Waals surface area contributed by atoms with E-state index in [1.807, 2.05) is 0 Å². The van der Waals surface area contributed by atoms with E-state index in [0.717, 1.165) is 0 Å². The highest BCUT2D eigenvalue weighted by atomic mass is 15.2. The molecule has 0 aliphatic carbocycles. The van der Waals surface area contributed by atoms with E-state index in [9.17, 15) is 0 Å². The van der Waals surface area contributed by atoms with Gasteiger partial charge in [0.05, 0.1) is 0 Å². The Morgan fingerprint density at radius 2 is 0.800 bits per heavy atom. The molecule has 1 heteroatoms. The van der Waals surface area contributed by atoms with Crippen LogP contribution in [0.2, 0.25) is 0 Å². The summed E-state index contributed by atoms with van der Waals surface area (Å²) in [6.45, 7) is 6.86. The molecule has 0 saturated carbocycles. The van der Waals surface area contributed by atoms with Crippen LogP contribution in [0, 0.1) is 5.92 Å². The van der Waals surface area contributed by atoms with E-state index in [0.29, 0.717) is 12.0 Å². The van der Waals surface area contributed by atoms with Gasteiger partial charge in [0.2, 0.25) is 0 Å². The minimum atomic E-state index is 0.406. The van der Waals surface area contributed by atoms with Crippen LogP contribution >= 0.6 is 0 Å². The van der Waals surface area contributed by atoms with Crippen molar-refractivity contribution in [2.75, 3.05) is 4.90 Å². The van der Waals surface area contributed by atoms with E-state index >= 15 is 0 Å². The molecule has 0 bridgehead atoms.